The van der Waals surface area contributed by atoms with Gasteiger partial charge in [0.05, 0.1) is 5.69 Å². The van der Waals surface area contributed by atoms with Gasteiger partial charge in [-0.1, -0.05) is 6.07 Å². The lowest BCUT2D eigenvalue weighted by atomic mass is 10.0. The van der Waals surface area contributed by atoms with Crippen LogP contribution in [0.4, 0.5) is 0 Å². The maximum absolute atomic E-state index is 4.61. The zero-order valence-corrected chi connectivity index (χ0v) is 9.83. The molecule has 2 aromatic heterocycles. The molecule has 3 rings (SSSR count). The van der Waals surface area contributed by atoms with Crippen molar-refractivity contribution in [2.75, 3.05) is 0 Å². The van der Waals surface area contributed by atoms with E-state index in [4.69, 9.17) is 0 Å². The molecule has 0 N–H and O–H groups in total. The topological polar surface area (TPSA) is 25.8 Å². The Morgan fingerprint density at radius 3 is 2.75 bits per heavy atom. The molecule has 80 valence electrons. The minimum atomic E-state index is 0.931. The third-order valence-electron chi connectivity index (χ3n) is 3.39. The van der Waals surface area contributed by atoms with Gasteiger partial charge in [0, 0.05) is 29.6 Å². The van der Waals surface area contributed by atoms with E-state index in [1.807, 2.05) is 13.1 Å². The highest BCUT2D eigenvalue weighted by Crippen LogP contribution is 2.38. The van der Waals surface area contributed by atoms with Crippen molar-refractivity contribution in [3.05, 3.63) is 46.5 Å². The fourth-order valence-corrected chi connectivity index (χ4v) is 2.42. The van der Waals surface area contributed by atoms with Crippen LogP contribution in [-0.2, 0) is 6.42 Å². The van der Waals surface area contributed by atoms with Crippen molar-refractivity contribution in [2.45, 2.75) is 27.2 Å². The Balaban J connectivity index is 2.32. The predicted molar refractivity (Wildman–Crippen MR) is 64.5 cm³/mol. The average Bonchev–Trinajstić information content (AvgIpc) is 2.61. The lowest BCUT2D eigenvalue weighted by Crippen LogP contribution is -1.92. The molecule has 0 radical (unpaired) electrons. The molecular weight excluding hydrogens is 196 g/mol. The molecule has 0 saturated carbocycles. The third-order valence-corrected chi connectivity index (χ3v) is 3.39. The average molecular weight is 210 g/mol. The first kappa shape index (κ1) is 9.52. The van der Waals surface area contributed by atoms with Crippen LogP contribution in [0.2, 0.25) is 0 Å². The summed E-state index contributed by atoms with van der Waals surface area (Å²) in [5.74, 6) is 0. The molecule has 0 fully saturated rings. The van der Waals surface area contributed by atoms with Crippen LogP contribution < -0.4 is 0 Å². The van der Waals surface area contributed by atoms with Crippen LogP contribution in [0, 0.1) is 20.8 Å². The Morgan fingerprint density at radius 1 is 1.12 bits per heavy atom. The van der Waals surface area contributed by atoms with Gasteiger partial charge in [-0.25, -0.2) is 0 Å². The number of rotatable bonds is 0. The Bertz CT molecular complexity index is 586. The number of fused-ring (bicyclic) bond motifs is 3. The summed E-state index contributed by atoms with van der Waals surface area (Å²) in [5, 5.41) is 0. The quantitative estimate of drug-likeness (QED) is 0.570. The minimum absolute atomic E-state index is 0.931. The van der Waals surface area contributed by atoms with Crippen LogP contribution >= 0.6 is 0 Å². The fraction of sp³-hybridized carbons (Fsp3) is 0.286. The lowest BCUT2D eigenvalue weighted by Gasteiger charge is -2.07. The first-order valence-electron chi connectivity index (χ1n) is 5.59. The van der Waals surface area contributed by atoms with Crippen LogP contribution in [0.5, 0.6) is 0 Å². The lowest BCUT2D eigenvalue weighted by molar-refractivity contribution is 1.06. The number of hydrogen-bond acceptors (Lipinski definition) is 2. The van der Waals surface area contributed by atoms with E-state index >= 15 is 0 Å². The molecule has 0 unspecified atom stereocenters. The highest BCUT2D eigenvalue weighted by molar-refractivity contribution is 5.78. The molecule has 0 bridgehead atoms. The summed E-state index contributed by atoms with van der Waals surface area (Å²) in [6.07, 6.45) is 2.93. The van der Waals surface area contributed by atoms with E-state index in [1.54, 1.807) is 0 Å². The molecule has 0 aromatic carbocycles. The first-order chi connectivity index (χ1) is 7.66. The molecule has 0 saturated heterocycles. The molecule has 0 amide bonds. The Kier molecular flexibility index (Phi) is 1.87. The van der Waals surface area contributed by atoms with E-state index in [1.165, 1.54) is 27.9 Å². The van der Waals surface area contributed by atoms with Gasteiger partial charge in [-0.05, 0) is 43.5 Å². The van der Waals surface area contributed by atoms with Gasteiger partial charge in [0.25, 0.3) is 0 Å². The molecule has 2 nitrogen and oxygen atoms in total. The molecule has 0 atom stereocenters. The van der Waals surface area contributed by atoms with E-state index in [9.17, 15) is 0 Å². The normalized spacial score (nSPS) is 12.4. The number of aromatic nitrogens is 2. The number of pyridine rings is 2. The van der Waals surface area contributed by atoms with E-state index in [-0.39, 0.29) is 0 Å². The second-order valence-electron chi connectivity index (χ2n) is 4.49. The van der Waals surface area contributed by atoms with Gasteiger partial charge >= 0.3 is 0 Å². The van der Waals surface area contributed by atoms with Gasteiger partial charge in [0.15, 0.2) is 0 Å². The van der Waals surface area contributed by atoms with Crippen molar-refractivity contribution < 1.29 is 0 Å². The molecular formula is C14H14N2. The van der Waals surface area contributed by atoms with Crippen molar-refractivity contribution in [1.29, 1.82) is 0 Å². The maximum Gasteiger partial charge on any atom is 0.0529 e. The van der Waals surface area contributed by atoms with Crippen LogP contribution in [0.1, 0.15) is 28.2 Å². The number of nitrogens with zero attached hydrogens (tertiary/aromatic N) is 2. The first-order valence-corrected chi connectivity index (χ1v) is 5.59. The van der Waals surface area contributed by atoms with E-state index < -0.39 is 0 Å². The van der Waals surface area contributed by atoms with Crippen molar-refractivity contribution in [3.63, 3.8) is 0 Å². The van der Waals surface area contributed by atoms with E-state index in [0.717, 1.165) is 17.8 Å². The summed E-state index contributed by atoms with van der Waals surface area (Å²) in [7, 11) is 0. The Hall–Kier alpha value is -1.70. The maximum atomic E-state index is 4.61. The second kappa shape index (κ2) is 3.14. The zero-order valence-electron chi connectivity index (χ0n) is 9.83. The second-order valence-corrected chi connectivity index (χ2v) is 4.49. The molecule has 1 aliphatic rings. The van der Waals surface area contributed by atoms with Crippen LogP contribution in [0.15, 0.2) is 18.3 Å². The van der Waals surface area contributed by atoms with E-state index in [0.29, 0.717) is 0 Å². The molecule has 16 heavy (non-hydrogen) atoms. The largest absolute Gasteiger partial charge is 0.261 e. The number of hydrogen-bond donors (Lipinski definition) is 0. The predicted octanol–water partition coefficient (Wildman–Crippen LogP) is 2.97. The van der Waals surface area contributed by atoms with Crippen LogP contribution in [0.25, 0.3) is 11.1 Å². The van der Waals surface area contributed by atoms with Gasteiger partial charge in [0.2, 0.25) is 0 Å². The van der Waals surface area contributed by atoms with E-state index in [2.05, 4.69) is 35.9 Å². The van der Waals surface area contributed by atoms with Gasteiger partial charge in [-0.2, -0.15) is 0 Å². The zero-order chi connectivity index (χ0) is 11.3. The summed E-state index contributed by atoms with van der Waals surface area (Å²) in [6.45, 7) is 6.25. The third kappa shape index (κ3) is 1.19. The number of aryl methyl sites for hydroxylation is 2. The standard InChI is InChI=1S/C14H14N2/c1-8-4-5-12-13(16-8)6-11-7-15-10(3)9(2)14(11)12/h4-5,7H,6H2,1-3H3. The Labute approximate surface area is 95.4 Å². The monoisotopic (exact) mass is 210 g/mol. The van der Waals surface area contributed by atoms with Crippen molar-refractivity contribution in [1.82, 2.24) is 9.97 Å². The highest BCUT2D eigenvalue weighted by Gasteiger charge is 2.22. The van der Waals surface area contributed by atoms with Gasteiger partial charge in [-0.3, -0.25) is 9.97 Å². The highest BCUT2D eigenvalue weighted by atomic mass is 14.7. The molecule has 1 aliphatic carbocycles. The summed E-state index contributed by atoms with van der Waals surface area (Å²) in [6, 6.07) is 4.28. The van der Waals surface area contributed by atoms with Gasteiger partial charge in [0.1, 0.15) is 0 Å². The molecule has 2 heteroatoms. The summed E-state index contributed by atoms with van der Waals surface area (Å²) in [5.41, 5.74) is 8.67. The molecule has 2 aromatic rings. The molecule has 0 spiro atoms. The summed E-state index contributed by atoms with van der Waals surface area (Å²) >= 11 is 0. The van der Waals surface area contributed by atoms with Gasteiger partial charge < -0.3 is 0 Å². The fourth-order valence-electron chi connectivity index (χ4n) is 2.42. The summed E-state index contributed by atoms with van der Waals surface area (Å²) < 4.78 is 0. The molecule has 0 aliphatic heterocycles. The van der Waals surface area contributed by atoms with Crippen LogP contribution in [0.3, 0.4) is 0 Å². The van der Waals surface area contributed by atoms with Crippen molar-refractivity contribution in [3.8, 4) is 11.1 Å². The SMILES string of the molecule is Cc1ccc2c(n1)Cc1cnc(C)c(C)c1-2. The van der Waals surface area contributed by atoms with Gasteiger partial charge in [-0.15, -0.1) is 0 Å². The molecule has 2 heterocycles. The van der Waals surface area contributed by atoms with Crippen LogP contribution in [-0.4, -0.2) is 9.97 Å². The smallest absolute Gasteiger partial charge is 0.0529 e. The minimum Gasteiger partial charge on any atom is -0.261 e. The Morgan fingerprint density at radius 2 is 1.94 bits per heavy atom. The van der Waals surface area contributed by atoms with Crippen molar-refractivity contribution >= 4 is 0 Å². The van der Waals surface area contributed by atoms with Crippen molar-refractivity contribution in [2.24, 2.45) is 0 Å². The summed E-state index contributed by atoms with van der Waals surface area (Å²) in [4.78, 5) is 9.04.